The van der Waals surface area contributed by atoms with Gasteiger partial charge in [0.2, 0.25) is 5.91 Å². The molecule has 0 spiro atoms. The van der Waals surface area contributed by atoms with Gasteiger partial charge >= 0.3 is 6.18 Å². The van der Waals surface area contributed by atoms with Crippen LogP contribution >= 0.6 is 0 Å². The Morgan fingerprint density at radius 2 is 1.57 bits per heavy atom. The van der Waals surface area contributed by atoms with E-state index in [-0.39, 0.29) is 42.5 Å². The molecule has 8 heteroatoms. The fourth-order valence-electron chi connectivity index (χ4n) is 2.98. The number of phenols is 1. The first-order valence-electron chi connectivity index (χ1n) is 8.78. The molecule has 3 rings (SSSR count). The Balaban J connectivity index is 1.40. The van der Waals surface area contributed by atoms with Crippen molar-refractivity contribution in [3.8, 4) is 5.75 Å². The number of benzene rings is 2. The Morgan fingerprint density at radius 1 is 0.964 bits per heavy atom. The highest BCUT2D eigenvalue weighted by atomic mass is 19.4. The minimum Gasteiger partial charge on any atom is -0.508 e. The van der Waals surface area contributed by atoms with Gasteiger partial charge in [0.1, 0.15) is 5.75 Å². The summed E-state index contributed by atoms with van der Waals surface area (Å²) in [5.74, 6) is -0.763. The number of hydrogen-bond acceptors (Lipinski definition) is 3. The van der Waals surface area contributed by atoms with E-state index in [2.05, 4.69) is 10.6 Å². The van der Waals surface area contributed by atoms with Gasteiger partial charge in [0.25, 0.3) is 5.91 Å². The third-order valence-electron chi connectivity index (χ3n) is 4.63. The van der Waals surface area contributed by atoms with Gasteiger partial charge in [-0.15, -0.1) is 0 Å². The summed E-state index contributed by atoms with van der Waals surface area (Å²) in [6, 6.07) is 10.7. The molecule has 2 amide bonds. The van der Waals surface area contributed by atoms with Crippen LogP contribution in [0.3, 0.4) is 0 Å². The van der Waals surface area contributed by atoms with Crippen LogP contribution in [-0.2, 0) is 11.0 Å². The number of phenolic OH excluding ortho intramolecular Hbond substituents is 1. The van der Waals surface area contributed by atoms with E-state index >= 15 is 0 Å². The van der Waals surface area contributed by atoms with Gasteiger partial charge in [0.05, 0.1) is 5.56 Å². The van der Waals surface area contributed by atoms with Crippen LogP contribution in [-0.4, -0.2) is 30.0 Å². The maximum atomic E-state index is 12.6. The number of amides is 2. The SMILES string of the molecule is O=C(NCCNC(=O)C1CC1c1ccc(C(F)(F)F)cc1)c1ccc(O)cc1. The van der Waals surface area contributed by atoms with Crippen LogP contribution in [0.1, 0.15) is 33.8 Å². The molecule has 2 atom stereocenters. The number of nitrogens with one attached hydrogen (secondary N) is 2. The number of halogens is 3. The first-order valence-corrected chi connectivity index (χ1v) is 8.78. The summed E-state index contributed by atoms with van der Waals surface area (Å²) in [6.45, 7) is 0.488. The predicted molar refractivity (Wildman–Crippen MR) is 95.7 cm³/mol. The second kappa shape index (κ2) is 7.92. The minimum atomic E-state index is -4.37. The molecule has 0 aromatic heterocycles. The molecule has 0 aliphatic heterocycles. The van der Waals surface area contributed by atoms with E-state index in [0.29, 0.717) is 17.5 Å². The maximum Gasteiger partial charge on any atom is 0.416 e. The van der Waals surface area contributed by atoms with Crippen molar-refractivity contribution >= 4 is 11.8 Å². The summed E-state index contributed by atoms with van der Waals surface area (Å²) in [4.78, 5) is 24.0. The van der Waals surface area contributed by atoms with Gasteiger partial charge in [0.15, 0.2) is 0 Å². The molecule has 2 unspecified atom stereocenters. The number of carbonyl (C=O) groups is 2. The van der Waals surface area contributed by atoms with Crippen LogP contribution < -0.4 is 10.6 Å². The van der Waals surface area contributed by atoms with Crippen molar-refractivity contribution in [3.63, 3.8) is 0 Å². The number of hydrogen-bond donors (Lipinski definition) is 3. The first-order chi connectivity index (χ1) is 13.3. The molecule has 1 fully saturated rings. The maximum absolute atomic E-state index is 12.6. The van der Waals surface area contributed by atoms with Crippen molar-refractivity contribution in [3.05, 3.63) is 65.2 Å². The van der Waals surface area contributed by atoms with Crippen molar-refractivity contribution in [1.29, 1.82) is 0 Å². The van der Waals surface area contributed by atoms with Crippen molar-refractivity contribution in [1.82, 2.24) is 10.6 Å². The monoisotopic (exact) mass is 392 g/mol. The fourth-order valence-corrected chi connectivity index (χ4v) is 2.98. The Labute approximate surface area is 159 Å². The zero-order valence-corrected chi connectivity index (χ0v) is 14.8. The summed E-state index contributed by atoms with van der Waals surface area (Å²) in [7, 11) is 0. The van der Waals surface area contributed by atoms with Crippen molar-refractivity contribution < 1.29 is 27.9 Å². The quantitative estimate of drug-likeness (QED) is 0.661. The largest absolute Gasteiger partial charge is 0.508 e. The number of carbonyl (C=O) groups excluding carboxylic acids is 2. The minimum absolute atomic E-state index is 0.0656. The summed E-state index contributed by atoms with van der Waals surface area (Å²) >= 11 is 0. The average Bonchev–Trinajstić information content (AvgIpc) is 3.46. The summed E-state index contributed by atoms with van der Waals surface area (Å²) in [5, 5.41) is 14.6. The molecule has 148 valence electrons. The normalized spacial score (nSPS) is 18.4. The predicted octanol–water partition coefficient (Wildman–Crippen LogP) is 3.06. The highest BCUT2D eigenvalue weighted by molar-refractivity contribution is 5.94. The smallest absolute Gasteiger partial charge is 0.416 e. The molecule has 0 radical (unpaired) electrons. The lowest BCUT2D eigenvalue weighted by Crippen LogP contribution is -2.35. The third-order valence-corrected chi connectivity index (χ3v) is 4.63. The molecule has 3 N–H and O–H groups in total. The molecule has 28 heavy (non-hydrogen) atoms. The first kappa shape index (κ1) is 19.7. The molecule has 0 bridgehead atoms. The topological polar surface area (TPSA) is 78.4 Å². The van der Waals surface area contributed by atoms with Crippen LogP contribution in [0.5, 0.6) is 5.75 Å². The molecule has 1 aliphatic carbocycles. The van der Waals surface area contributed by atoms with E-state index in [1.807, 2.05) is 0 Å². The Morgan fingerprint density at radius 3 is 2.18 bits per heavy atom. The number of alkyl halides is 3. The van der Waals surface area contributed by atoms with E-state index in [4.69, 9.17) is 0 Å². The van der Waals surface area contributed by atoms with Crippen LogP contribution in [0.15, 0.2) is 48.5 Å². The van der Waals surface area contributed by atoms with E-state index in [1.165, 1.54) is 36.4 Å². The molecule has 1 aliphatic rings. The zero-order chi connectivity index (χ0) is 20.3. The van der Waals surface area contributed by atoms with Gasteiger partial charge < -0.3 is 15.7 Å². The molecular formula is C20H19F3N2O3. The van der Waals surface area contributed by atoms with Crippen molar-refractivity contribution in [2.24, 2.45) is 5.92 Å². The van der Waals surface area contributed by atoms with Crippen LogP contribution in [0.2, 0.25) is 0 Å². The van der Waals surface area contributed by atoms with Gasteiger partial charge in [-0.05, 0) is 54.3 Å². The van der Waals surface area contributed by atoms with E-state index in [9.17, 15) is 27.9 Å². The second-order valence-corrected chi connectivity index (χ2v) is 6.66. The van der Waals surface area contributed by atoms with Crippen molar-refractivity contribution in [2.75, 3.05) is 13.1 Å². The lowest BCUT2D eigenvalue weighted by atomic mass is 10.1. The van der Waals surface area contributed by atoms with Gasteiger partial charge in [-0.1, -0.05) is 12.1 Å². The Bertz CT molecular complexity index is 848. The molecule has 5 nitrogen and oxygen atoms in total. The van der Waals surface area contributed by atoms with E-state index < -0.39 is 11.7 Å². The van der Waals surface area contributed by atoms with Crippen LogP contribution in [0.4, 0.5) is 13.2 Å². The number of rotatable bonds is 6. The molecular weight excluding hydrogens is 373 g/mol. The summed E-state index contributed by atoms with van der Waals surface area (Å²) in [6.07, 6.45) is -3.78. The zero-order valence-electron chi connectivity index (χ0n) is 14.8. The fraction of sp³-hybridized carbons (Fsp3) is 0.300. The molecule has 1 saturated carbocycles. The molecule has 0 saturated heterocycles. The standard InChI is InChI=1S/C20H19F3N2O3/c21-20(22,23)14-5-1-12(2-6-14)16-11-17(16)19(28)25-10-9-24-18(27)13-3-7-15(26)8-4-13/h1-8,16-17,26H,9-11H2,(H,24,27)(H,25,28). The second-order valence-electron chi connectivity index (χ2n) is 6.66. The van der Waals surface area contributed by atoms with E-state index in [0.717, 1.165) is 12.1 Å². The summed E-state index contributed by atoms with van der Waals surface area (Å²) < 4.78 is 37.8. The van der Waals surface area contributed by atoms with E-state index in [1.54, 1.807) is 0 Å². The number of aromatic hydroxyl groups is 1. The average molecular weight is 392 g/mol. The highest BCUT2D eigenvalue weighted by Gasteiger charge is 2.44. The highest BCUT2D eigenvalue weighted by Crippen LogP contribution is 2.47. The summed E-state index contributed by atoms with van der Waals surface area (Å²) in [5.41, 5.74) is 0.407. The van der Waals surface area contributed by atoms with Gasteiger partial charge in [-0.2, -0.15) is 13.2 Å². The van der Waals surface area contributed by atoms with Crippen LogP contribution in [0, 0.1) is 5.92 Å². The van der Waals surface area contributed by atoms with Crippen molar-refractivity contribution in [2.45, 2.75) is 18.5 Å². The Kier molecular flexibility index (Phi) is 5.58. The lowest BCUT2D eigenvalue weighted by Gasteiger charge is -2.08. The van der Waals surface area contributed by atoms with Gasteiger partial charge in [-0.25, -0.2) is 0 Å². The molecule has 2 aromatic carbocycles. The Hall–Kier alpha value is -3.03. The third kappa shape index (κ3) is 4.82. The van der Waals surface area contributed by atoms with Gasteiger partial charge in [0, 0.05) is 24.6 Å². The lowest BCUT2D eigenvalue weighted by molar-refractivity contribution is -0.137. The van der Waals surface area contributed by atoms with Gasteiger partial charge in [-0.3, -0.25) is 9.59 Å². The molecule has 2 aromatic rings. The molecule has 0 heterocycles. The van der Waals surface area contributed by atoms with Crippen LogP contribution in [0.25, 0.3) is 0 Å².